The van der Waals surface area contributed by atoms with Crippen molar-refractivity contribution in [1.29, 1.82) is 0 Å². The van der Waals surface area contributed by atoms with Crippen molar-refractivity contribution in [3.8, 4) is 0 Å². The topological polar surface area (TPSA) is 46.2 Å². The molecule has 0 radical (unpaired) electrons. The van der Waals surface area contributed by atoms with E-state index in [-0.39, 0.29) is 5.56 Å². The Balaban J connectivity index is 2.89. The van der Waals surface area contributed by atoms with Gasteiger partial charge in [0.15, 0.2) is 17.5 Å². The number of benzene rings is 1. The normalized spacial score (nSPS) is 14.7. The first-order chi connectivity index (χ1) is 7.99. The highest BCUT2D eigenvalue weighted by Gasteiger charge is 2.23. The fourth-order valence-electron chi connectivity index (χ4n) is 1.60. The van der Waals surface area contributed by atoms with Gasteiger partial charge in [0.05, 0.1) is 12.1 Å². The van der Waals surface area contributed by atoms with Gasteiger partial charge >= 0.3 is 0 Å². The van der Waals surface area contributed by atoms with Crippen molar-refractivity contribution < 1.29 is 18.3 Å². The van der Waals surface area contributed by atoms with E-state index in [1.54, 1.807) is 0 Å². The smallest absolute Gasteiger partial charge is 0.194 e. The van der Waals surface area contributed by atoms with E-state index in [1.165, 1.54) is 0 Å². The molecule has 1 aromatic carbocycles. The van der Waals surface area contributed by atoms with E-state index in [0.717, 1.165) is 25.0 Å². The van der Waals surface area contributed by atoms with Crippen molar-refractivity contribution in [2.24, 2.45) is 5.73 Å². The molecule has 0 aromatic heterocycles. The molecule has 0 aliphatic rings. The number of aliphatic hydroxyl groups is 1. The number of nitrogens with two attached hydrogens (primary N) is 1. The van der Waals surface area contributed by atoms with Crippen molar-refractivity contribution >= 4 is 0 Å². The molecule has 0 saturated carbocycles. The van der Waals surface area contributed by atoms with Crippen molar-refractivity contribution in [2.75, 3.05) is 0 Å². The zero-order valence-corrected chi connectivity index (χ0v) is 9.59. The van der Waals surface area contributed by atoms with Gasteiger partial charge in [-0.05, 0) is 12.5 Å². The predicted octanol–water partition coefficient (Wildman–Crippen LogP) is 2.65. The lowest BCUT2D eigenvalue weighted by atomic mass is 9.98. The van der Waals surface area contributed by atoms with E-state index in [4.69, 9.17) is 5.73 Å². The van der Waals surface area contributed by atoms with Crippen LogP contribution in [0, 0.1) is 17.5 Å². The van der Waals surface area contributed by atoms with Crippen LogP contribution in [0.15, 0.2) is 12.1 Å². The van der Waals surface area contributed by atoms with Crippen LogP contribution in [0.25, 0.3) is 0 Å². The molecule has 3 N–H and O–H groups in total. The van der Waals surface area contributed by atoms with Crippen molar-refractivity contribution in [3.05, 3.63) is 35.1 Å². The number of unbranched alkanes of at least 4 members (excludes halogenated alkanes) is 1. The van der Waals surface area contributed by atoms with Gasteiger partial charge in [-0.1, -0.05) is 25.8 Å². The molecule has 0 aliphatic carbocycles. The number of hydrogen-bond donors (Lipinski definition) is 2. The maximum Gasteiger partial charge on any atom is 0.194 e. The van der Waals surface area contributed by atoms with E-state index < -0.39 is 29.6 Å². The highest BCUT2D eigenvalue weighted by Crippen LogP contribution is 2.24. The van der Waals surface area contributed by atoms with Crippen LogP contribution >= 0.6 is 0 Å². The summed E-state index contributed by atoms with van der Waals surface area (Å²) in [5.74, 6) is -4.14. The molecule has 0 bridgehead atoms. The van der Waals surface area contributed by atoms with Crippen molar-refractivity contribution in [3.63, 3.8) is 0 Å². The molecule has 0 saturated heterocycles. The summed E-state index contributed by atoms with van der Waals surface area (Å²) in [4.78, 5) is 0. The summed E-state index contributed by atoms with van der Waals surface area (Å²) in [5.41, 5.74) is 5.42. The molecule has 0 spiro atoms. The molecule has 0 amide bonds. The number of rotatable bonds is 5. The minimum Gasteiger partial charge on any atom is -0.391 e. The maximum atomic E-state index is 13.4. The van der Waals surface area contributed by atoms with E-state index in [2.05, 4.69) is 0 Å². The van der Waals surface area contributed by atoms with Crippen LogP contribution in [0.2, 0.25) is 0 Å². The highest BCUT2D eigenvalue weighted by atomic mass is 19.2. The third-order valence-electron chi connectivity index (χ3n) is 2.69. The van der Waals surface area contributed by atoms with E-state index in [0.29, 0.717) is 6.42 Å². The van der Waals surface area contributed by atoms with Gasteiger partial charge in [-0.15, -0.1) is 0 Å². The molecule has 1 aromatic rings. The van der Waals surface area contributed by atoms with Gasteiger partial charge in [0, 0.05) is 5.56 Å². The Morgan fingerprint density at radius 1 is 1.24 bits per heavy atom. The van der Waals surface area contributed by atoms with E-state index in [1.807, 2.05) is 6.92 Å². The lowest BCUT2D eigenvalue weighted by Crippen LogP contribution is -2.27. The molecule has 0 heterocycles. The van der Waals surface area contributed by atoms with Crippen LogP contribution in [-0.4, -0.2) is 11.2 Å². The number of hydrogen-bond acceptors (Lipinski definition) is 2. The molecule has 2 nitrogen and oxygen atoms in total. The fourth-order valence-corrected chi connectivity index (χ4v) is 1.60. The zero-order chi connectivity index (χ0) is 13.0. The first kappa shape index (κ1) is 14.0. The summed E-state index contributed by atoms with van der Waals surface area (Å²) in [7, 11) is 0. The molecular weight excluding hydrogens is 231 g/mol. The molecule has 0 unspecified atom stereocenters. The molecule has 96 valence electrons. The standard InChI is InChI=1S/C12H16F3NO/c1-2-3-4-9(17)12(16)7-5-6-8(13)11(15)10(7)14/h5-6,9,12,17H,2-4,16H2,1H3/t9-,12+/m0/s1. The summed E-state index contributed by atoms with van der Waals surface area (Å²) < 4.78 is 39.1. The second-order valence-electron chi connectivity index (χ2n) is 4.00. The molecule has 2 atom stereocenters. The molecule has 0 fully saturated rings. The monoisotopic (exact) mass is 247 g/mol. The Bertz CT molecular complexity index is 384. The largest absolute Gasteiger partial charge is 0.391 e. The quantitative estimate of drug-likeness (QED) is 0.786. The Labute approximate surface area is 98.3 Å². The third-order valence-corrected chi connectivity index (χ3v) is 2.69. The lowest BCUT2D eigenvalue weighted by Gasteiger charge is -2.19. The summed E-state index contributed by atoms with van der Waals surface area (Å²) in [6, 6.07) is 0.824. The van der Waals surface area contributed by atoms with Crippen LogP contribution < -0.4 is 5.73 Å². The van der Waals surface area contributed by atoms with Gasteiger partial charge in [-0.25, -0.2) is 13.2 Å². The van der Waals surface area contributed by atoms with Crippen LogP contribution in [0.3, 0.4) is 0 Å². The summed E-state index contributed by atoms with van der Waals surface area (Å²) in [6.07, 6.45) is 1.04. The average molecular weight is 247 g/mol. The molecule has 5 heteroatoms. The second kappa shape index (κ2) is 6.02. The van der Waals surface area contributed by atoms with Crippen LogP contribution in [0.5, 0.6) is 0 Å². The van der Waals surface area contributed by atoms with Crippen LogP contribution in [0.1, 0.15) is 37.8 Å². The first-order valence-electron chi connectivity index (χ1n) is 5.56. The van der Waals surface area contributed by atoms with Gasteiger partial charge < -0.3 is 10.8 Å². The zero-order valence-electron chi connectivity index (χ0n) is 9.59. The Hall–Kier alpha value is -1.07. The maximum absolute atomic E-state index is 13.4. The predicted molar refractivity (Wildman–Crippen MR) is 58.8 cm³/mol. The van der Waals surface area contributed by atoms with Gasteiger partial charge in [0.25, 0.3) is 0 Å². The minimum absolute atomic E-state index is 0.201. The summed E-state index contributed by atoms with van der Waals surface area (Å²) in [6.45, 7) is 1.94. The highest BCUT2D eigenvalue weighted by molar-refractivity contribution is 5.24. The van der Waals surface area contributed by atoms with Gasteiger partial charge in [-0.3, -0.25) is 0 Å². The molecular formula is C12H16F3NO. The minimum atomic E-state index is -1.55. The Kier molecular flexibility index (Phi) is 4.96. The summed E-state index contributed by atoms with van der Waals surface area (Å²) >= 11 is 0. The molecule has 0 aliphatic heterocycles. The number of halogens is 3. The van der Waals surface area contributed by atoms with Crippen molar-refractivity contribution in [1.82, 2.24) is 0 Å². The van der Waals surface area contributed by atoms with E-state index in [9.17, 15) is 18.3 Å². The Morgan fingerprint density at radius 2 is 1.88 bits per heavy atom. The lowest BCUT2D eigenvalue weighted by molar-refractivity contribution is 0.130. The van der Waals surface area contributed by atoms with Gasteiger partial charge in [0.2, 0.25) is 0 Å². The van der Waals surface area contributed by atoms with Gasteiger partial charge in [0.1, 0.15) is 0 Å². The number of aliphatic hydroxyl groups excluding tert-OH is 1. The van der Waals surface area contributed by atoms with Crippen LogP contribution in [0.4, 0.5) is 13.2 Å². The fraction of sp³-hybridized carbons (Fsp3) is 0.500. The van der Waals surface area contributed by atoms with Gasteiger partial charge in [-0.2, -0.15) is 0 Å². The molecule has 1 rings (SSSR count). The first-order valence-corrected chi connectivity index (χ1v) is 5.56. The second-order valence-corrected chi connectivity index (χ2v) is 4.00. The SMILES string of the molecule is CCCC[C@H](O)[C@H](N)c1ccc(F)c(F)c1F. The van der Waals surface area contributed by atoms with E-state index >= 15 is 0 Å². The summed E-state index contributed by atoms with van der Waals surface area (Å²) in [5, 5.41) is 9.68. The third kappa shape index (κ3) is 3.20. The van der Waals surface area contributed by atoms with Crippen molar-refractivity contribution in [2.45, 2.75) is 38.3 Å². The average Bonchev–Trinajstić information content (AvgIpc) is 2.32. The molecule has 17 heavy (non-hydrogen) atoms. The van der Waals surface area contributed by atoms with Crippen LogP contribution in [-0.2, 0) is 0 Å². The Morgan fingerprint density at radius 3 is 2.47 bits per heavy atom.